The topological polar surface area (TPSA) is 120 Å². The van der Waals surface area contributed by atoms with E-state index < -0.39 is 22.5 Å². The Morgan fingerprint density at radius 2 is 1.76 bits per heavy atom. The fourth-order valence-electron chi connectivity index (χ4n) is 2.96. The molecule has 12 heteroatoms. The van der Waals surface area contributed by atoms with E-state index in [2.05, 4.69) is 10.5 Å². The van der Waals surface area contributed by atoms with E-state index in [1.54, 1.807) is 18.2 Å². The Balaban J connectivity index is 2.01. The first kappa shape index (κ1) is 24.9. The number of amides is 1. The third-order valence-electron chi connectivity index (χ3n) is 4.56. The number of methoxy groups -OCH3 is 3. The van der Waals surface area contributed by atoms with Crippen molar-refractivity contribution < 1.29 is 31.8 Å². The van der Waals surface area contributed by atoms with Crippen LogP contribution >= 0.6 is 11.6 Å². The van der Waals surface area contributed by atoms with Crippen LogP contribution in [0.4, 0.5) is 5.69 Å². The first-order valence-electron chi connectivity index (χ1n) is 9.74. The smallest absolute Gasteiger partial charge is 0.265 e. The third kappa shape index (κ3) is 5.61. The Kier molecular flexibility index (Phi) is 8.03. The average Bonchev–Trinajstić information content (AvgIpc) is 3.35. The van der Waals surface area contributed by atoms with Crippen molar-refractivity contribution in [1.29, 1.82) is 0 Å². The normalized spacial score (nSPS) is 11.3. The summed E-state index contributed by atoms with van der Waals surface area (Å²) in [6.45, 7) is -0.622. The van der Waals surface area contributed by atoms with E-state index in [0.717, 1.165) is 4.31 Å². The number of nitrogens with zero attached hydrogens (tertiary/aromatic N) is 2. The molecule has 0 saturated carbocycles. The maximum absolute atomic E-state index is 13.7. The van der Waals surface area contributed by atoms with Crippen LogP contribution in [0.3, 0.4) is 0 Å². The maximum atomic E-state index is 13.7. The van der Waals surface area contributed by atoms with E-state index in [9.17, 15) is 13.2 Å². The molecule has 0 aliphatic carbocycles. The molecule has 10 nitrogen and oxygen atoms in total. The first-order chi connectivity index (χ1) is 16.3. The Hall–Kier alpha value is -3.70. The molecular weight excluding hydrogens is 486 g/mol. The second kappa shape index (κ2) is 10.9. The Bertz CT molecular complexity index is 1280. The number of hydrazone groups is 1. The second-order valence-corrected chi connectivity index (χ2v) is 8.95. The zero-order valence-corrected chi connectivity index (χ0v) is 20.1. The van der Waals surface area contributed by atoms with Crippen LogP contribution in [0.2, 0.25) is 5.02 Å². The van der Waals surface area contributed by atoms with Crippen LogP contribution in [0.25, 0.3) is 0 Å². The molecule has 1 heterocycles. The summed E-state index contributed by atoms with van der Waals surface area (Å²) in [5.74, 6) is 0.438. The van der Waals surface area contributed by atoms with Crippen LogP contribution in [-0.4, -0.2) is 48.4 Å². The predicted molar refractivity (Wildman–Crippen MR) is 127 cm³/mol. The minimum atomic E-state index is -4.30. The van der Waals surface area contributed by atoms with E-state index in [1.807, 2.05) is 0 Å². The lowest BCUT2D eigenvalue weighted by Gasteiger charge is -2.25. The van der Waals surface area contributed by atoms with Gasteiger partial charge in [-0.3, -0.25) is 9.10 Å². The third-order valence-corrected chi connectivity index (χ3v) is 6.55. The van der Waals surface area contributed by atoms with E-state index in [4.69, 9.17) is 30.2 Å². The monoisotopic (exact) mass is 507 g/mol. The minimum Gasteiger partial charge on any atom is -0.495 e. The van der Waals surface area contributed by atoms with Gasteiger partial charge in [-0.25, -0.2) is 13.8 Å². The maximum Gasteiger partial charge on any atom is 0.265 e. The minimum absolute atomic E-state index is 0.0648. The zero-order chi connectivity index (χ0) is 24.7. The van der Waals surface area contributed by atoms with Crippen LogP contribution < -0.4 is 23.9 Å². The summed E-state index contributed by atoms with van der Waals surface area (Å²) in [7, 11) is -0.101. The molecule has 1 N–H and O–H groups in total. The van der Waals surface area contributed by atoms with Crippen LogP contribution in [0.1, 0.15) is 5.76 Å². The molecule has 1 amide bonds. The van der Waals surface area contributed by atoms with Crippen molar-refractivity contribution in [1.82, 2.24) is 5.43 Å². The summed E-state index contributed by atoms with van der Waals surface area (Å²) in [6, 6.07) is 11.8. The highest BCUT2D eigenvalue weighted by Gasteiger charge is 2.30. The molecule has 0 fully saturated rings. The molecule has 0 saturated heterocycles. The lowest BCUT2D eigenvalue weighted by molar-refractivity contribution is -0.119. The van der Waals surface area contributed by atoms with Gasteiger partial charge in [0.15, 0.2) is 11.5 Å². The van der Waals surface area contributed by atoms with Crippen molar-refractivity contribution in [3.05, 3.63) is 65.6 Å². The van der Waals surface area contributed by atoms with Crippen LogP contribution in [0, 0.1) is 0 Å². The summed E-state index contributed by atoms with van der Waals surface area (Å²) in [6.07, 6.45) is 2.73. The van der Waals surface area contributed by atoms with Crippen molar-refractivity contribution in [2.45, 2.75) is 4.90 Å². The summed E-state index contributed by atoms with van der Waals surface area (Å²) >= 11 is 6.13. The van der Waals surface area contributed by atoms with Crippen molar-refractivity contribution in [3.8, 4) is 17.2 Å². The molecule has 0 aliphatic heterocycles. The number of carbonyl (C=O) groups is 1. The van der Waals surface area contributed by atoms with Gasteiger partial charge < -0.3 is 18.6 Å². The molecule has 0 bridgehead atoms. The highest BCUT2D eigenvalue weighted by atomic mass is 35.5. The molecule has 2 aromatic carbocycles. The molecular formula is C22H22ClN3O7S. The Morgan fingerprint density at radius 1 is 1.06 bits per heavy atom. The number of carbonyl (C=O) groups excluding carboxylic acids is 1. The van der Waals surface area contributed by atoms with Gasteiger partial charge in [0.1, 0.15) is 18.1 Å². The SMILES string of the molecule is COc1ccc(S(=O)(=O)N(CC(=O)N/N=C\c2ccco2)c2cc(Cl)ccc2OC)cc1OC. The highest BCUT2D eigenvalue weighted by molar-refractivity contribution is 7.92. The lowest BCUT2D eigenvalue weighted by Crippen LogP contribution is -2.39. The number of hydrogen-bond acceptors (Lipinski definition) is 8. The van der Waals surface area contributed by atoms with Gasteiger partial charge in [0.2, 0.25) is 0 Å². The van der Waals surface area contributed by atoms with Gasteiger partial charge in [0, 0.05) is 11.1 Å². The largest absolute Gasteiger partial charge is 0.495 e. The molecule has 0 unspecified atom stereocenters. The summed E-state index contributed by atoms with van der Waals surface area (Å²) < 4.78 is 49.1. The van der Waals surface area contributed by atoms with Crippen LogP contribution in [-0.2, 0) is 14.8 Å². The molecule has 180 valence electrons. The van der Waals surface area contributed by atoms with Gasteiger partial charge in [-0.2, -0.15) is 5.10 Å². The van der Waals surface area contributed by atoms with Crippen molar-refractivity contribution >= 4 is 39.4 Å². The summed E-state index contributed by atoms with van der Waals surface area (Å²) in [5.41, 5.74) is 2.35. The number of anilines is 1. The van der Waals surface area contributed by atoms with Crippen molar-refractivity contribution in [2.24, 2.45) is 5.10 Å². The van der Waals surface area contributed by atoms with Gasteiger partial charge in [0.25, 0.3) is 15.9 Å². The average molecular weight is 508 g/mol. The molecule has 0 radical (unpaired) electrons. The first-order valence-corrected chi connectivity index (χ1v) is 11.6. The zero-order valence-electron chi connectivity index (χ0n) is 18.5. The Labute approximate surface area is 201 Å². The van der Waals surface area contributed by atoms with Gasteiger partial charge in [0.05, 0.1) is 44.4 Å². The fraction of sp³-hybridized carbons (Fsp3) is 0.182. The predicted octanol–water partition coefficient (Wildman–Crippen LogP) is 3.30. The molecule has 3 aromatic rings. The van der Waals surface area contributed by atoms with Crippen molar-refractivity contribution in [2.75, 3.05) is 32.2 Å². The van der Waals surface area contributed by atoms with Gasteiger partial charge in [-0.05, 0) is 42.5 Å². The van der Waals surface area contributed by atoms with Crippen LogP contribution in [0.5, 0.6) is 17.2 Å². The number of benzene rings is 2. The van der Waals surface area contributed by atoms with Gasteiger partial charge in [-0.15, -0.1) is 0 Å². The lowest BCUT2D eigenvalue weighted by atomic mass is 10.3. The van der Waals surface area contributed by atoms with Gasteiger partial charge in [-0.1, -0.05) is 11.6 Å². The molecule has 0 atom stereocenters. The number of nitrogens with one attached hydrogen (secondary N) is 1. The van der Waals surface area contributed by atoms with Crippen molar-refractivity contribution in [3.63, 3.8) is 0 Å². The summed E-state index contributed by atoms with van der Waals surface area (Å²) in [5, 5.41) is 4.04. The van der Waals surface area contributed by atoms with E-state index in [1.165, 1.54) is 64.1 Å². The number of ether oxygens (including phenoxy) is 3. The van der Waals surface area contributed by atoms with Crippen LogP contribution in [0.15, 0.2) is 69.2 Å². The highest BCUT2D eigenvalue weighted by Crippen LogP contribution is 2.36. The van der Waals surface area contributed by atoms with E-state index in [-0.39, 0.29) is 27.1 Å². The molecule has 34 heavy (non-hydrogen) atoms. The van der Waals surface area contributed by atoms with E-state index >= 15 is 0 Å². The number of hydrogen-bond donors (Lipinski definition) is 1. The van der Waals surface area contributed by atoms with Gasteiger partial charge >= 0.3 is 0 Å². The standard InChI is InChI=1S/C22H22ClN3O7S/c1-30-19-8-6-15(23)11-18(19)26(14-22(27)25-24-13-16-5-4-10-33-16)34(28,29)17-7-9-20(31-2)21(12-17)32-3/h4-13H,14H2,1-3H3,(H,25,27)/b24-13-. The molecule has 1 aromatic heterocycles. The number of halogens is 1. The number of sulfonamides is 1. The molecule has 3 rings (SSSR count). The summed E-state index contributed by atoms with van der Waals surface area (Å²) in [4.78, 5) is 12.5. The fourth-order valence-corrected chi connectivity index (χ4v) is 4.57. The van der Waals surface area contributed by atoms with E-state index in [0.29, 0.717) is 11.5 Å². The second-order valence-electron chi connectivity index (χ2n) is 6.65. The number of furan rings is 1. The molecule has 0 aliphatic rings. The number of rotatable bonds is 10. The Morgan fingerprint density at radius 3 is 2.41 bits per heavy atom. The molecule has 0 spiro atoms. The quantitative estimate of drug-likeness (QED) is 0.330.